The number of hydrogen-bond donors (Lipinski definition) is 1. The Morgan fingerprint density at radius 1 is 1.33 bits per heavy atom. The molecule has 0 aromatic heterocycles. The number of halogens is 3. The number of aliphatic hydroxyl groups is 1. The van der Waals surface area contributed by atoms with E-state index in [0.29, 0.717) is 15.6 Å². The molecule has 1 aromatic carbocycles. The molecule has 0 aliphatic carbocycles. The average molecular weight is 226 g/mol. The van der Waals surface area contributed by atoms with Crippen LogP contribution in [-0.4, -0.2) is 5.11 Å². The number of rotatable bonds is 1. The van der Waals surface area contributed by atoms with Gasteiger partial charge in [0.05, 0.1) is 0 Å². The Balaban J connectivity index is 3.19. The van der Waals surface area contributed by atoms with Gasteiger partial charge in [-0.2, -0.15) is 0 Å². The molecule has 1 unspecified atom stereocenters. The molecular formula is C8H7Cl3O. The zero-order valence-corrected chi connectivity index (χ0v) is 8.58. The highest BCUT2D eigenvalue weighted by molar-refractivity contribution is 6.36. The van der Waals surface area contributed by atoms with E-state index in [1.165, 1.54) is 13.0 Å². The van der Waals surface area contributed by atoms with Gasteiger partial charge in [0.15, 0.2) is 5.06 Å². The molecule has 1 rings (SSSR count). The van der Waals surface area contributed by atoms with Crippen molar-refractivity contribution in [3.05, 3.63) is 33.8 Å². The van der Waals surface area contributed by atoms with Crippen molar-refractivity contribution in [2.24, 2.45) is 0 Å². The Kier molecular flexibility index (Phi) is 2.89. The third-order valence-corrected chi connectivity index (χ3v) is 2.17. The lowest BCUT2D eigenvalue weighted by atomic mass is 10.1. The topological polar surface area (TPSA) is 20.2 Å². The number of hydrogen-bond acceptors (Lipinski definition) is 1. The first-order valence-electron chi connectivity index (χ1n) is 3.28. The molecule has 0 heterocycles. The van der Waals surface area contributed by atoms with E-state index in [9.17, 15) is 5.11 Å². The molecule has 0 radical (unpaired) electrons. The van der Waals surface area contributed by atoms with Crippen molar-refractivity contribution in [2.75, 3.05) is 0 Å². The summed E-state index contributed by atoms with van der Waals surface area (Å²) in [6.45, 7) is 1.45. The molecule has 4 heteroatoms. The lowest BCUT2D eigenvalue weighted by Gasteiger charge is -2.16. The van der Waals surface area contributed by atoms with Crippen LogP contribution in [0.1, 0.15) is 12.5 Å². The van der Waals surface area contributed by atoms with Gasteiger partial charge in [-0.25, -0.2) is 0 Å². The highest BCUT2D eigenvalue weighted by Gasteiger charge is 2.21. The van der Waals surface area contributed by atoms with Crippen molar-refractivity contribution in [2.45, 2.75) is 12.0 Å². The van der Waals surface area contributed by atoms with Crippen LogP contribution >= 0.6 is 34.8 Å². The summed E-state index contributed by atoms with van der Waals surface area (Å²) in [4.78, 5) is 0. The average Bonchev–Trinajstić information content (AvgIpc) is 1.83. The van der Waals surface area contributed by atoms with Crippen molar-refractivity contribution >= 4 is 34.8 Å². The Morgan fingerprint density at radius 3 is 2.33 bits per heavy atom. The summed E-state index contributed by atoms with van der Waals surface area (Å²) < 4.78 is 0. The maximum absolute atomic E-state index is 9.40. The van der Waals surface area contributed by atoms with Crippen LogP contribution in [0.2, 0.25) is 10.0 Å². The predicted molar refractivity (Wildman–Crippen MR) is 51.9 cm³/mol. The molecule has 66 valence electrons. The fourth-order valence-electron chi connectivity index (χ4n) is 0.860. The fraction of sp³-hybridized carbons (Fsp3) is 0.250. The molecule has 1 atom stereocenters. The monoisotopic (exact) mass is 224 g/mol. The minimum Gasteiger partial charge on any atom is -0.371 e. The van der Waals surface area contributed by atoms with Crippen molar-refractivity contribution in [3.8, 4) is 0 Å². The summed E-state index contributed by atoms with van der Waals surface area (Å²) in [5, 5.41) is 8.84. The van der Waals surface area contributed by atoms with Crippen LogP contribution in [-0.2, 0) is 5.06 Å². The van der Waals surface area contributed by atoms with Crippen LogP contribution in [0, 0.1) is 0 Å². The summed E-state index contributed by atoms with van der Waals surface area (Å²) >= 11 is 17.1. The van der Waals surface area contributed by atoms with E-state index in [-0.39, 0.29) is 0 Å². The van der Waals surface area contributed by atoms with E-state index in [1.54, 1.807) is 12.1 Å². The molecule has 0 aliphatic rings. The van der Waals surface area contributed by atoms with Crippen molar-refractivity contribution < 1.29 is 5.11 Å². The van der Waals surface area contributed by atoms with Crippen LogP contribution in [0.5, 0.6) is 0 Å². The van der Waals surface area contributed by atoms with Crippen LogP contribution in [0.15, 0.2) is 18.2 Å². The summed E-state index contributed by atoms with van der Waals surface area (Å²) in [6, 6.07) is 4.76. The SMILES string of the molecule is CC(O)(Cl)c1ccc(Cl)cc1Cl. The van der Waals surface area contributed by atoms with Gasteiger partial charge in [0.2, 0.25) is 0 Å². The third-order valence-electron chi connectivity index (χ3n) is 1.42. The van der Waals surface area contributed by atoms with E-state index >= 15 is 0 Å². The Labute approximate surface area is 85.9 Å². The van der Waals surface area contributed by atoms with E-state index < -0.39 is 5.06 Å². The molecule has 0 amide bonds. The normalized spacial score (nSPS) is 15.8. The molecule has 0 fully saturated rings. The Hall–Kier alpha value is 0.0500. The third kappa shape index (κ3) is 2.27. The molecule has 1 aromatic rings. The minimum atomic E-state index is -1.44. The van der Waals surface area contributed by atoms with Crippen molar-refractivity contribution in [1.82, 2.24) is 0 Å². The van der Waals surface area contributed by atoms with Gasteiger partial charge in [-0.3, -0.25) is 0 Å². The molecule has 0 aliphatic heterocycles. The highest BCUT2D eigenvalue weighted by atomic mass is 35.5. The molecule has 0 saturated heterocycles. The zero-order chi connectivity index (χ0) is 9.35. The summed E-state index contributed by atoms with van der Waals surface area (Å²) in [5.74, 6) is 0. The minimum absolute atomic E-state index is 0.363. The number of alkyl halides is 1. The summed E-state index contributed by atoms with van der Waals surface area (Å²) in [6.07, 6.45) is 0. The molecule has 0 bridgehead atoms. The summed E-state index contributed by atoms with van der Waals surface area (Å²) in [7, 11) is 0. The van der Waals surface area contributed by atoms with Crippen LogP contribution in [0.3, 0.4) is 0 Å². The van der Waals surface area contributed by atoms with E-state index in [2.05, 4.69) is 0 Å². The number of benzene rings is 1. The lowest BCUT2D eigenvalue weighted by Crippen LogP contribution is -2.12. The van der Waals surface area contributed by atoms with Gasteiger partial charge < -0.3 is 5.11 Å². The first-order valence-corrected chi connectivity index (χ1v) is 4.41. The molecular weight excluding hydrogens is 218 g/mol. The van der Waals surface area contributed by atoms with Gasteiger partial charge in [0.1, 0.15) is 0 Å². The first-order chi connectivity index (χ1) is 5.41. The van der Waals surface area contributed by atoms with Crippen molar-refractivity contribution in [1.29, 1.82) is 0 Å². The van der Waals surface area contributed by atoms with E-state index in [4.69, 9.17) is 34.8 Å². The highest BCUT2D eigenvalue weighted by Crippen LogP contribution is 2.32. The molecule has 1 N–H and O–H groups in total. The molecule has 12 heavy (non-hydrogen) atoms. The predicted octanol–water partition coefficient (Wildman–Crippen LogP) is 3.40. The van der Waals surface area contributed by atoms with E-state index in [0.717, 1.165) is 0 Å². The smallest absolute Gasteiger partial charge is 0.162 e. The maximum atomic E-state index is 9.40. The van der Waals surface area contributed by atoms with Gasteiger partial charge in [-0.05, 0) is 19.1 Å². The fourth-order valence-corrected chi connectivity index (χ4v) is 1.67. The second-order valence-corrected chi connectivity index (χ2v) is 4.16. The van der Waals surface area contributed by atoms with Crippen molar-refractivity contribution in [3.63, 3.8) is 0 Å². The van der Waals surface area contributed by atoms with Gasteiger partial charge >= 0.3 is 0 Å². The summed E-state index contributed by atoms with van der Waals surface area (Å²) in [5.41, 5.74) is 0.454. The maximum Gasteiger partial charge on any atom is 0.162 e. The van der Waals surface area contributed by atoms with Gasteiger partial charge in [-0.1, -0.05) is 40.9 Å². The van der Waals surface area contributed by atoms with Gasteiger partial charge in [0, 0.05) is 15.6 Å². The lowest BCUT2D eigenvalue weighted by molar-refractivity contribution is 0.150. The second kappa shape index (κ2) is 3.43. The quantitative estimate of drug-likeness (QED) is 0.726. The Bertz CT molecular complexity index is 291. The molecule has 0 saturated carbocycles. The molecule has 1 nitrogen and oxygen atoms in total. The van der Waals surface area contributed by atoms with Crippen LogP contribution < -0.4 is 0 Å². The largest absolute Gasteiger partial charge is 0.371 e. The standard InChI is InChI=1S/C8H7Cl3O/c1-8(11,12)6-3-2-5(9)4-7(6)10/h2-4,12H,1H3. The van der Waals surface area contributed by atoms with Crippen LogP contribution in [0.4, 0.5) is 0 Å². The Morgan fingerprint density at radius 2 is 1.92 bits per heavy atom. The van der Waals surface area contributed by atoms with E-state index in [1.807, 2.05) is 0 Å². The second-order valence-electron chi connectivity index (χ2n) is 2.58. The zero-order valence-electron chi connectivity index (χ0n) is 6.31. The molecule has 0 spiro atoms. The van der Waals surface area contributed by atoms with Gasteiger partial charge in [0.25, 0.3) is 0 Å². The first kappa shape index (κ1) is 10.1. The van der Waals surface area contributed by atoms with Gasteiger partial charge in [-0.15, -0.1) is 0 Å². The van der Waals surface area contributed by atoms with Crippen LogP contribution in [0.25, 0.3) is 0 Å².